The molecule has 1 amide bonds. The van der Waals surface area contributed by atoms with Gasteiger partial charge in [0.15, 0.2) is 0 Å². The molecular weight excluding hydrogens is 314 g/mol. The van der Waals surface area contributed by atoms with Gasteiger partial charge in [0.1, 0.15) is 5.69 Å². The Kier molecular flexibility index (Phi) is 5.57. The average molecular weight is 335 g/mol. The Morgan fingerprint density at radius 3 is 2.60 bits per heavy atom. The van der Waals surface area contributed by atoms with Crippen LogP contribution in [0, 0.1) is 0 Å². The van der Waals surface area contributed by atoms with E-state index in [1.54, 1.807) is 0 Å². The summed E-state index contributed by atoms with van der Waals surface area (Å²) in [4.78, 5) is 31.1. The van der Waals surface area contributed by atoms with Crippen LogP contribution in [0.15, 0.2) is 59.4 Å². The predicted molar refractivity (Wildman–Crippen MR) is 98.5 cm³/mol. The summed E-state index contributed by atoms with van der Waals surface area (Å²) in [5, 5.41) is 2.90. The second-order valence-corrected chi connectivity index (χ2v) is 5.97. The summed E-state index contributed by atoms with van der Waals surface area (Å²) in [5.74, 6) is -0.0533. The summed E-state index contributed by atoms with van der Waals surface area (Å²) in [6, 6.07) is 17.6. The lowest BCUT2D eigenvalue weighted by Gasteiger charge is -2.06. The molecule has 0 aliphatic heterocycles. The van der Waals surface area contributed by atoms with Crippen LogP contribution in [0.1, 0.15) is 24.1 Å². The van der Waals surface area contributed by atoms with E-state index in [2.05, 4.69) is 27.4 Å². The van der Waals surface area contributed by atoms with Crippen LogP contribution < -0.4 is 10.9 Å². The second-order valence-electron chi connectivity index (χ2n) is 5.97. The van der Waals surface area contributed by atoms with Crippen molar-refractivity contribution in [3.63, 3.8) is 0 Å². The fourth-order valence-electron chi connectivity index (χ4n) is 2.72. The summed E-state index contributed by atoms with van der Waals surface area (Å²) < 4.78 is 0. The number of aromatic nitrogens is 2. The Labute approximate surface area is 146 Å². The molecule has 2 N–H and O–H groups in total. The zero-order valence-corrected chi connectivity index (χ0v) is 14.0. The number of fused-ring (bicyclic) bond motifs is 1. The van der Waals surface area contributed by atoms with Gasteiger partial charge in [0.05, 0.1) is 11.0 Å². The van der Waals surface area contributed by atoms with Crippen LogP contribution in [-0.2, 0) is 17.6 Å². The third-order valence-corrected chi connectivity index (χ3v) is 4.07. The van der Waals surface area contributed by atoms with Gasteiger partial charge in [0, 0.05) is 19.4 Å². The quantitative estimate of drug-likeness (QED) is 0.652. The minimum Gasteiger partial charge on any atom is -0.356 e. The lowest BCUT2D eigenvalue weighted by Crippen LogP contribution is -2.26. The number of benzene rings is 2. The molecule has 0 aliphatic rings. The molecule has 0 fully saturated rings. The molecule has 1 aromatic heterocycles. The van der Waals surface area contributed by atoms with Gasteiger partial charge in [-0.3, -0.25) is 9.59 Å². The van der Waals surface area contributed by atoms with E-state index in [-0.39, 0.29) is 17.9 Å². The van der Waals surface area contributed by atoms with Gasteiger partial charge in [0.25, 0.3) is 5.56 Å². The maximum Gasteiger partial charge on any atom is 0.270 e. The van der Waals surface area contributed by atoms with Gasteiger partial charge in [0.2, 0.25) is 5.91 Å². The van der Waals surface area contributed by atoms with Crippen LogP contribution >= 0.6 is 0 Å². The smallest absolute Gasteiger partial charge is 0.270 e. The topological polar surface area (TPSA) is 74.8 Å². The molecule has 3 aromatic rings. The molecule has 5 nitrogen and oxygen atoms in total. The van der Waals surface area contributed by atoms with Crippen molar-refractivity contribution >= 4 is 16.9 Å². The first kappa shape index (κ1) is 16.9. The average Bonchev–Trinajstić information content (AvgIpc) is 2.64. The van der Waals surface area contributed by atoms with Gasteiger partial charge in [-0.15, -0.1) is 0 Å². The highest BCUT2D eigenvalue weighted by molar-refractivity contribution is 5.76. The van der Waals surface area contributed by atoms with E-state index in [9.17, 15) is 9.59 Å². The Bertz CT molecular complexity index is 903. The van der Waals surface area contributed by atoms with E-state index in [1.165, 1.54) is 5.56 Å². The summed E-state index contributed by atoms with van der Waals surface area (Å²) in [7, 11) is 0. The molecule has 0 saturated carbocycles. The third kappa shape index (κ3) is 4.76. The van der Waals surface area contributed by atoms with E-state index in [0.29, 0.717) is 24.2 Å². The molecule has 0 aliphatic carbocycles. The van der Waals surface area contributed by atoms with Gasteiger partial charge in [-0.05, 0) is 30.5 Å². The van der Waals surface area contributed by atoms with Crippen molar-refractivity contribution in [3.05, 3.63) is 76.2 Å². The van der Waals surface area contributed by atoms with Crippen molar-refractivity contribution in [2.45, 2.75) is 25.7 Å². The maximum absolute atomic E-state index is 12.0. The van der Waals surface area contributed by atoms with Crippen molar-refractivity contribution in [1.29, 1.82) is 0 Å². The van der Waals surface area contributed by atoms with Gasteiger partial charge < -0.3 is 10.3 Å². The number of para-hydroxylation sites is 2. The molecular formula is C20H21N3O2. The Morgan fingerprint density at radius 1 is 1.00 bits per heavy atom. The van der Waals surface area contributed by atoms with Crippen LogP contribution in [0.2, 0.25) is 0 Å². The first-order valence-corrected chi connectivity index (χ1v) is 8.51. The largest absolute Gasteiger partial charge is 0.356 e. The zero-order valence-electron chi connectivity index (χ0n) is 14.0. The van der Waals surface area contributed by atoms with Crippen LogP contribution in [0.5, 0.6) is 0 Å². The molecule has 1 heterocycles. The number of aromatic amines is 1. The van der Waals surface area contributed by atoms with E-state index < -0.39 is 0 Å². The molecule has 0 bridgehead atoms. The van der Waals surface area contributed by atoms with Crippen molar-refractivity contribution in [1.82, 2.24) is 15.3 Å². The zero-order chi connectivity index (χ0) is 17.5. The van der Waals surface area contributed by atoms with E-state index in [0.717, 1.165) is 18.4 Å². The molecule has 2 aromatic carbocycles. The molecule has 128 valence electrons. The van der Waals surface area contributed by atoms with Crippen molar-refractivity contribution in [2.24, 2.45) is 0 Å². The van der Waals surface area contributed by atoms with Gasteiger partial charge >= 0.3 is 0 Å². The molecule has 3 rings (SSSR count). The van der Waals surface area contributed by atoms with Gasteiger partial charge in [-0.1, -0.05) is 42.5 Å². The van der Waals surface area contributed by atoms with E-state index in [1.807, 2.05) is 42.5 Å². The number of hydrogen-bond donors (Lipinski definition) is 2. The van der Waals surface area contributed by atoms with Crippen molar-refractivity contribution < 1.29 is 4.79 Å². The van der Waals surface area contributed by atoms with Crippen LogP contribution in [0.3, 0.4) is 0 Å². The number of aryl methyl sites for hydroxylation is 2. The van der Waals surface area contributed by atoms with Crippen molar-refractivity contribution in [3.8, 4) is 0 Å². The van der Waals surface area contributed by atoms with E-state index in [4.69, 9.17) is 0 Å². The number of rotatable bonds is 7. The number of nitrogens with zero attached hydrogens (tertiary/aromatic N) is 1. The number of hydrogen-bond acceptors (Lipinski definition) is 3. The van der Waals surface area contributed by atoms with Crippen LogP contribution in [0.25, 0.3) is 11.0 Å². The standard InChI is InChI=1S/C20H21N3O2/c24-19(21-14-6-9-15-7-2-1-3-8-15)13-12-18-20(25)23-17-11-5-4-10-16(17)22-18/h1-5,7-8,10-11H,6,9,12-14H2,(H,21,24)(H,23,25). The molecule has 0 saturated heterocycles. The number of nitrogens with one attached hydrogen (secondary N) is 2. The van der Waals surface area contributed by atoms with E-state index >= 15 is 0 Å². The molecule has 0 unspecified atom stereocenters. The number of carbonyl (C=O) groups is 1. The lowest BCUT2D eigenvalue weighted by molar-refractivity contribution is -0.121. The second kappa shape index (κ2) is 8.24. The fraction of sp³-hybridized carbons (Fsp3) is 0.250. The van der Waals surface area contributed by atoms with Gasteiger partial charge in [-0.2, -0.15) is 0 Å². The lowest BCUT2D eigenvalue weighted by atomic mass is 10.1. The minimum atomic E-state index is -0.226. The summed E-state index contributed by atoms with van der Waals surface area (Å²) >= 11 is 0. The highest BCUT2D eigenvalue weighted by Crippen LogP contribution is 2.07. The molecule has 5 heteroatoms. The SMILES string of the molecule is O=C(CCc1nc2ccccc2[nH]c1=O)NCCCc1ccccc1. The third-order valence-electron chi connectivity index (χ3n) is 4.07. The Balaban J connectivity index is 1.46. The Morgan fingerprint density at radius 2 is 1.76 bits per heavy atom. The number of carbonyl (C=O) groups excluding carboxylic acids is 1. The fourth-order valence-corrected chi connectivity index (χ4v) is 2.72. The monoisotopic (exact) mass is 335 g/mol. The summed E-state index contributed by atoms with van der Waals surface area (Å²) in [5.41, 5.74) is 2.89. The van der Waals surface area contributed by atoms with Crippen LogP contribution in [-0.4, -0.2) is 22.4 Å². The highest BCUT2D eigenvalue weighted by atomic mass is 16.1. The predicted octanol–water partition coefficient (Wildman–Crippen LogP) is 2.60. The molecule has 0 spiro atoms. The first-order chi connectivity index (χ1) is 12.2. The Hall–Kier alpha value is -2.95. The summed E-state index contributed by atoms with van der Waals surface area (Å²) in [6.07, 6.45) is 2.43. The van der Waals surface area contributed by atoms with Crippen molar-refractivity contribution in [2.75, 3.05) is 6.54 Å². The van der Waals surface area contributed by atoms with Crippen LogP contribution in [0.4, 0.5) is 0 Å². The van der Waals surface area contributed by atoms with Gasteiger partial charge in [-0.25, -0.2) is 4.98 Å². The molecule has 0 radical (unpaired) electrons. The molecule has 25 heavy (non-hydrogen) atoms. The number of H-pyrrole nitrogens is 1. The first-order valence-electron chi connectivity index (χ1n) is 8.51. The maximum atomic E-state index is 12.0. The highest BCUT2D eigenvalue weighted by Gasteiger charge is 2.08. The normalized spacial score (nSPS) is 10.7. The minimum absolute atomic E-state index is 0.0533. The number of amides is 1. The summed E-state index contributed by atoms with van der Waals surface area (Å²) in [6.45, 7) is 0.634. The molecule has 0 atom stereocenters.